The monoisotopic (exact) mass is 348 g/mol. The molecule has 134 valence electrons. The van der Waals surface area contributed by atoms with Crippen molar-refractivity contribution in [3.63, 3.8) is 0 Å². The van der Waals surface area contributed by atoms with Gasteiger partial charge in [0, 0.05) is 42.8 Å². The molecule has 3 atom stereocenters. The minimum atomic E-state index is -0.445. The minimum absolute atomic E-state index is 0.224. The number of likely N-dealkylation sites (N-methyl/N-ethyl adjacent to an activating group) is 1. The summed E-state index contributed by atoms with van der Waals surface area (Å²) in [5.74, 6) is -0.244. The maximum absolute atomic E-state index is 14.2. The highest BCUT2D eigenvalue weighted by Crippen LogP contribution is 2.35. The summed E-state index contributed by atoms with van der Waals surface area (Å²) in [7, 11) is 1.91. The van der Waals surface area contributed by atoms with Gasteiger partial charge in [0.25, 0.3) is 0 Å². The van der Waals surface area contributed by atoms with Crippen LogP contribution in [0.15, 0.2) is 18.2 Å². The Kier molecular flexibility index (Phi) is 3.98. The molecule has 8 heteroatoms. The summed E-state index contributed by atoms with van der Waals surface area (Å²) < 4.78 is 27.8. The molecule has 0 radical (unpaired) electrons. The number of anilines is 1. The van der Waals surface area contributed by atoms with Crippen molar-refractivity contribution in [3.05, 3.63) is 46.7 Å². The molecule has 1 fully saturated rings. The van der Waals surface area contributed by atoms with Crippen molar-refractivity contribution in [3.8, 4) is 0 Å². The third kappa shape index (κ3) is 2.80. The lowest BCUT2D eigenvalue weighted by molar-refractivity contribution is 0.0587. The van der Waals surface area contributed by atoms with Crippen molar-refractivity contribution in [1.29, 1.82) is 0 Å². The Morgan fingerprint density at radius 2 is 2.08 bits per heavy atom. The topological polar surface area (TPSA) is 87.2 Å². The van der Waals surface area contributed by atoms with E-state index in [1.54, 1.807) is 0 Å². The summed E-state index contributed by atoms with van der Waals surface area (Å²) in [6.07, 6.45) is 0.707. The van der Waals surface area contributed by atoms with E-state index < -0.39 is 11.6 Å². The van der Waals surface area contributed by atoms with Crippen LogP contribution in [0.25, 0.3) is 0 Å². The quantitative estimate of drug-likeness (QED) is 0.763. The summed E-state index contributed by atoms with van der Waals surface area (Å²) in [5, 5.41) is 7.04. The van der Waals surface area contributed by atoms with E-state index in [2.05, 4.69) is 15.1 Å². The van der Waals surface area contributed by atoms with Gasteiger partial charge in [-0.15, -0.1) is 0 Å². The fourth-order valence-electron chi connectivity index (χ4n) is 4.20. The number of rotatable bonds is 2. The SMILES string of the molecule is CN1CC(N2Cc3n[nH]c(N)c3C2)CC(N)[C@H]1c1cc(F)ccc1F. The third-order valence-electron chi connectivity index (χ3n) is 5.42. The predicted octanol–water partition coefficient (Wildman–Crippen LogP) is 1.36. The van der Waals surface area contributed by atoms with Crippen LogP contribution in [-0.2, 0) is 13.1 Å². The molecule has 2 aromatic rings. The number of nitrogens with one attached hydrogen (secondary N) is 1. The lowest BCUT2D eigenvalue weighted by Gasteiger charge is -2.44. The van der Waals surface area contributed by atoms with Gasteiger partial charge in [0.15, 0.2) is 0 Å². The van der Waals surface area contributed by atoms with Crippen molar-refractivity contribution in [2.75, 3.05) is 19.3 Å². The number of fused-ring (bicyclic) bond motifs is 1. The van der Waals surface area contributed by atoms with Crippen molar-refractivity contribution in [2.24, 2.45) is 5.73 Å². The minimum Gasteiger partial charge on any atom is -0.384 e. The van der Waals surface area contributed by atoms with Gasteiger partial charge in [-0.1, -0.05) is 0 Å². The smallest absolute Gasteiger partial charge is 0.128 e. The van der Waals surface area contributed by atoms with Crippen LogP contribution in [0.4, 0.5) is 14.6 Å². The Labute approximate surface area is 144 Å². The molecule has 25 heavy (non-hydrogen) atoms. The molecule has 5 N–H and O–H groups in total. The molecule has 1 aromatic heterocycles. The Hall–Kier alpha value is -2.03. The van der Waals surface area contributed by atoms with Gasteiger partial charge in [0.05, 0.1) is 11.7 Å². The Balaban J connectivity index is 1.52. The summed E-state index contributed by atoms with van der Waals surface area (Å²) in [6.45, 7) is 2.19. The molecule has 3 heterocycles. The average molecular weight is 348 g/mol. The molecule has 2 aliphatic rings. The van der Waals surface area contributed by atoms with Crippen molar-refractivity contribution >= 4 is 5.82 Å². The normalized spacial score (nSPS) is 27.6. The first-order chi connectivity index (χ1) is 11.9. The highest BCUT2D eigenvalue weighted by molar-refractivity contribution is 5.44. The zero-order valence-corrected chi connectivity index (χ0v) is 14.0. The summed E-state index contributed by atoms with van der Waals surface area (Å²) in [6, 6.07) is 3.15. The molecule has 0 aliphatic carbocycles. The van der Waals surface area contributed by atoms with E-state index in [1.807, 2.05) is 11.9 Å². The van der Waals surface area contributed by atoms with Gasteiger partial charge < -0.3 is 11.5 Å². The van der Waals surface area contributed by atoms with Gasteiger partial charge >= 0.3 is 0 Å². The molecule has 6 nitrogen and oxygen atoms in total. The van der Waals surface area contributed by atoms with Crippen molar-refractivity contribution in [2.45, 2.75) is 37.6 Å². The first kappa shape index (κ1) is 16.4. The number of aromatic amines is 1. The number of likely N-dealkylation sites (tertiary alicyclic amines) is 1. The molecule has 4 rings (SSSR count). The zero-order chi connectivity index (χ0) is 17.7. The van der Waals surface area contributed by atoms with E-state index in [1.165, 1.54) is 12.1 Å². The van der Waals surface area contributed by atoms with Crippen molar-refractivity contribution < 1.29 is 8.78 Å². The van der Waals surface area contributed by atoms with E-state index in [9.17, 15) is 8.78 Å². The van der Waals surface area contributed by atoms with Gasteiger partial charge in [0.2, 0.25) is 0 Å². The third-order valence-corrected chi connectivity index (χ3v) is 5.42. The number of nitrogens with zero attached hydrogens (tertiary/aromatic N) is 3. The maximum Gasteiger partial charge on any atom is 0.128 e. The van der Waals surface area contributed by atoms with Gasteiger partial charge in [-0.3, -0.25) is 14.9 Å². The number of hydrogen-bond donors (Lipinski definition) is 3. The van der Waals surface area contributed by atoms with Crippen LogP contribution in [0.2, 0.25) is 0 Å². The molecule has 2 aliphatic heterocycles. The number of hydrogen-bond acceptors (Lipinski definition) is 5. The second kappa shape index (κ2) is 6.05. The predicted molar refractivity (Wildman–Crippen MR) is 90.4 cm³/mol. The first-order valence-corrected chi connectivity index (χ1v) is 8.40. The summed E-state index contributed by atoms with van der Waals surface area (Å²) in [4.78, 5) is 4.32. The molecule has 1 aromatic carbocycles. The van der Waals surface area contributed by atoms with Crippen LogP contribution < -0.4 is 11.5 Å². The number of halogens is 2. The maximum atomic E-state index is 14.2. The molecule has 0 bridgehead atoms. The second-order valence-electron chi connectivity index (χ2n) is 7.07. The first-order valence-electron chi connectivity index (χ1n) is 8.40. The van der Waals surface area contributed by atoms with Crippen LogP contribution in [-0.4, -0.2) is 45.7 Å². The van der Waals surface area contributed by atoms with Crippen LogP contribution in [0.1, 0.15) is 29.3 Å². The van der Waals surface area contributed by atoms with E-state index in [4.69, 9.17) is 11.5 Å². The number of piperidine rings is 1. The van der Waals surface area contributed by atoms with E-state index in [-0.39, 0.29) is 18.1 Å². The molecule has 0 saturated carbocycles. The summed E-state index contributed by atoms with van der Waals surface area (Å²) in [5.41, 5.74) is 14.7. The largest absolute Gasteiger partial charge is 0.384 e. The second-order valence-corrected chi connectivity index (χ2v) is 7.07. The number of benzene rings is 1. The van der Waals surface area contributed by atoms with E-state index in [0.29, 0.717) is 17.8 Å². The number of aromatic nitrogens is 2. The Morgan fingerprint density at radius 1 is 1.28 bits per heavy atom. The average Bonchev–Trinajstić information content (AvgIpc) is 3.12. The fourth-order valence-corrected chi connectivity index (χ4v) is 4.20. The standard InChI is InChI=1S/C17H22F2N6/c1-24-6-10(25-7-12-15(8-25)22-23-17(12)21)5-14(20)16(24)11-4-9(18)2-3-13(11)19/h2-4,10,14,16H,5-8,20H2,1H3,(H3,21,22,23)/t10?,14?,16-/m1/s1. The highest BCUT2D eigenvalue weighted by Gasteiger charge is 2.39. The van der Waals surface area contributed by atoms with E-state index in [0.717, 1.165) is 37.0 Å². The van der Waals surface area contributed by atoms with Gasteiger partial charge in [-0.05, 0) is 31.7 Å². The number of nitrogens with two attached hydrogens (primary N) is 2. The fraction of sp³-hybridized carbons (Fsp3) is 0.471. The molecular weight excluding hydrogens is 326 g/mol. The summed E-state index contributed by atoms with van der Waals surface area (Å²) >= 11 is 0. The number of H-pyrrole nitrogens is 1. The van der Waals surface area contributed by atoms with Crippen LogP contribution >= 0.6 is 0 Å². The lowest BCUT2D eigenvalue weighted by atomic mass is 9.88. The number of nitrogen functional groups attached to an aromatic ring is 1. The highest BCUT2D eigenvalue weighted by atomic mass is 19.1. The Morgan fingerprint density at radius 3 is 2.80 bits per heavy atom. The lowest BCUT2D eigenvalue weighted by Crippen LogP contribution is -2.54. The molecule has 1 saturated heterocycles. The van der Waals surface area contributed by atoms with Gasteiger partial charge in [-0.2, -0.15) is 5.10 Å². The van der Waals surface area contributed by atoms with Gasteiger partial charge in [-0.25, -0.2) is 8.78 Å². The van der Waals surface area contributed by atoms with Crippen LogP contribution in [0.3, 0.4) is 0 Å². The Bertz CT molecular complexity index is 779. The molecule has 0 amide bonds. The van der Waals surface area contributed by atoms with Crippen LogP contribution in [0, 0.1) is 11.6 Å². The van der Waals surface area contributed by atoms with Gasteiger partial charge in [0.1, 0.15) is 17.5 Å². The molecule has 2 unspecified atom stereocenters. The zero-order valence-electron chi connectivity index (χ0n) is 14.0. The molecule has 0 spiro atoms. The van der Waals surface area contributed by atoms with Crippen molar-refractivity contribution in [1.82, 2.24) is 20.0 Å². The molecular formula is C17H22F2N6. The van der Waals surface area contributed by atoms with E-state index >= 15 is 0 Å². The van der Waals surface area contributed by atoms with Crippen LogP contribution in [0.5, 0.6) is 0 Å².